The van der Waals surface area contributed by atoms with Gasteiger partial charge in [-0.05, 0) is 18.8 Å². The van der Waals surface area contributed by atoms with Gasteiger partial charge in [0.25, 0.3) is 0 Å². The monoisotopic (exact) mass is 290 g/mol. The Morgan fingerprint density at radius 3 is 2.47 bits per heavy atom. The highest BCUT2D eigenvalue weighted by atomic mass is 32.2. The number of unbranched alkanes of at least 4 members (excludes halogenated alkanes) is 5. The van der Waals surface area contributed by atoms with Crippen molar-refractivity contribution in [1.29, 1.82) is 0 Å². The molecule has 0 radical (unpaired) electrons. The van der Waals surface area contributed by atoms with Crippen molar-refractivity contribution in [2.75, 3.05) is 18.1 Å². The highest BCUT2D eigenvalue weighted by molar-refractivity contribution is 7.91. The summed E-state index contributed by atoms with van der Waals surface area (Å²) in [6.07, 6.45) is 7.85. The van der Waals surface area contributed by atoms with Crippen LogP contribution in [0.3, 0.4) is 0 Å². The third kappa shape index (κ3) is 7.55. The van der Waals surface area contributed by atoms with Gasteiger partial charge >= 0.3 is 5.97 Å². The Hall–Kier alpha value is -0.580. The van der Waals surface area contributed by atoms with E-state index in [-0.39, 0.29) is 29.8 Å². The Morgan fingerprint density at radius 1 is 1.16 bits per heavy atom. The molecule has 19 heavy (non-hydrogen) atoms. The molecule has 5 heteroatoms. The van der Waals surface area contributed by atoms with Gasteiger partial charge in [-0.1, -0.05) is 39.0 Å². The molecule has 1 aliphatic rings. The van der Waals surface area contributed by atoms with Crippen molar-refractivity contribution < 1.29 is 17.9 Å². The summed E-state index contributed by atoms with van der Waals surface area (Å²) in [6, 6.07) is 0. The fourth-order valence-electron chi connectivity index (χ4n) is 2.40. The van der Waals surface area contributed by atoms with E-state index in [4.69, 9.17) is 4.74 Å². The summed E-state index contributed by atoms with van der Waals surface area (Å²) in [7, 11) is -2.89. The predicted molar refractivity (Wildman–Crippen MR) is 75.7 cm³/mol. The molecule has 0 N–H and O–H groups in total. The van der Waals surface area contributed by atoms with Gasteiger partial charge in [-0.15, -0.1) is 0 Å². The molecule has 0 aromatic heterocycles. The summed E-state index contributed by atoms with van der Waals surface area (Å²) in [5.41, 5.74) is 0. The van der Waals surface area contributed by atoms with E-state index in [0.717, 1.165) is 12.8 Å². The van der Waals surface area contributed by atoms with E-state index in [0.29, 0.717) is 13.0 Å². The predicted octanol–water partition coefficient (Wildman–Crippen LogP) is 2.71. The number of hydrogen-bond donors (Lipinski definition) is 0. The van der Waals surface area contributed by atoms with E-state index >= 15 is 0 Å². The van der Waals surface area contributed by atoms with Crippen molar-refractivity contribution in [2.45, 2.75) is 58.3 Å². The quantitative estimate of drug-likeness (QED) is 0.484. The number of carbonyl (C=O) groups is 1. The van der Waals surface area contributed by atoms with E-state index in [1.807, 2.05) is 0 Å². The Kier molecular flexibility index (Phi) is 7.42. The maximum atomic E-state index is 11.5. The second-order valence-corrected chi connectivity index (χ2v) is 7.69. The highest BCUT2D eigenvalue weighted by Crippen LogP contribution is 2.21. The van der Waals surface area contributed by atoms with E-state index < -0.39 is 9.84 Å². The summed E-state index contributed by atoms with van der Waals surface area (Å²) < 4.78 is 27.7. The second kappa shape index (κ2) is 8.56. The standard InChI is InChI=1S/C14H26O4S/c1-2-3-4-5-6-7-9-18-14(15)11-13-8-10-19(16,17)12-13/h13H,2-12H2,1H3. The minimum Gasteiger partial charge on any atom is -0.466 e. The van der Waals surface area contributed by atoms with Crippen molar-refractivity contribution in [3.05, 3.63) is 0 Å². The molecule has 1 fully saturated rings. The Balaban J connectivity index is 2.00. The molecular formula is C14H26O4S. The molecule has 1 heterocycles. The van der Waals surface area contributed by atoms with Gasteiger partial charge < -0.3 is 4.74 Å². The molecule has 1 rings (SSSR count). The zero-order valence-corrected chi connectivity index (χ0v) is 12.7. The molecule has 112 valence electrons. The van der Waals surface area contributed by atoms with Crippen LogP contribution in [0, 0.1) is 5.92 Å². The summed E-state index contributed by atoms with van der Waals surface area (Å²) >= 11 is 0. The lowest BCUT2D eigenvalue weighted by Gasteiger charge is -2.08. The van der Waals surface area contributed by atoms with Gasteiger partial charge in [-0.2, -0.15) is 0 Å². The molecule has 0 spiro atoms. The lowest BCUT2D eigenvalue weighted by Crippen LogP contribution is -2.13. The molecule has 1 atom stereocenters. The fraction of sp³-hybridized carbons (Fsp3) is 0.929. The van der Waals surface area contributed by atoms with Gasteiger partial charge in [-0.3, -0.25) is 4.79 Å². The first-order chi connectivity index (χ1) is 9.03. The fourth-order valence-corrected chi connectivity index (χ4v) is 4.26. The summed E-state index contributed by atoms with van der Waals surface area (Å²) in [5, 5.41) is 0. The van der Waals surface area contributed by atoms with Crippen molar-refractivity contribution in [1.82, 2.24) is 0 Å². The number of carbonyl (C=O) groups excluding carboxylic acids is 1. The first-order valence-corrected chi connectivity index (χ1v) is 9.21. The summed E-state index contributed by atoms with van der Waals surface area (Å²) in [4.78, 5) is 11.5. The number of hydrogen-bond acceptors (Lipinski definition) is 4. The molecule has 0 aromatic rings. The first-order valence-electron chi connectivity index (χ1n) is 7.39. The molecule has 0 aromatic carbocycles. The van der Waals surface area contributed by atoms with Gasteiger partial charge in [-0.25, -0.2) is 8.42 Å². The lowest BCUT2D eigenvalue weighted by molar-refractivity contribution is -0.144. The van der Waals surface area contributed by atoms with Crippen LogP contribution in [0.1, 0.15) is 58.3 Å². The lowest BCUT2D eigenvalue weighted by atomic mass is 10.1. The van der Waals surface area contributed by atoms with Crippen LogP contribution in [0.4, 0.5) is 0 Å². The molecule has 1 aliphatic heterocycles. The number of esters is 1. The second-order valence-electron chi connectivity index (χ2n) is 5.46. The Morgan fingerprint density at radius 2 is 1.84 bits per heavy atom. The highest BCUT2D eigenvalue weighted by Gasteiger charge is 2.29. The summed E-state index contributed by atoms with van der Waals surface area (Å²) in [6.45, 7) is 2.66. The first kappa shape index (κ1) is 16.5. The maximum Gasteiger partial charge on any atom is 0.306 e. The van der Waals surface area contributed by atoms with E-state index in [1.54, 1.807) is 0 Å². The molecule has 1 saturated heterocycles. The Bertz CT molecular complexity index is 362. The van der Waals surface area contributed by atoms with E-state index in [1.165, 1.54) is 25.7 Å². The minimum atomic E-state index is -2.89. The van der Waals surface area contributed by atoms with Gasteiger partial charge in [0.1, 0.15) is 0 Å². The normalized spacial score (nSPS) is 21.4. The van der Waals surface area contributed by atoms with Crippen LogP contribution in [-0.2, 0) is 19.4 Å². The zero-order chi connectivity index (χ0) is 14.1. The van der Waals surface area contributed by atoms with Crippen molar-refractivity contribution in [3.63, 3.8) is 0 Å². The van der Waals surface area contributed by atoms with Crippen molar-refractivity contribution in [3.8, 4) is 0 Å². The minimum absolute atomic E-state index is 0.0259. The van der Waals surface area contributed by atoms with E-state index in [2.05, 4.69) is 6.92 Å². The molecule has 0 aliphatic carbocycles. The van der Waals surface area contributed by atoms with Crippen molar-refractivity contribution >= 4 is 15.8 Å². The van der Waals surface area contributed by atoms with E-state index in [9.17, 15) is 13.2 Å². The SMILES string of the molecule is CCCCCCCCOC(=O)CC1CCS(=O)(=O)C1. The van der Waals surface area contributed by atoms with Crippen LogP contribution < -0.4 is 0 Å². The molecular weight excluding hydrogens is 264 g/mol. The molecule has 0 amide bonds. The largest absolute Gasteiger partial charge is 0.466 e. The topological polar surface area (TPSA) is 60.4 Å². The van der Waals surface area contributed by atoms with Crippen LogP contribution in [0.5, 0.6) is 0 Å². The number of rotatable bonds is 9. The average Bonchev–Trinajstić information content (AvgIpc) is 2.67. The Labute approximate surface area is 116 Å². The third-order valence-corrected chi connectivity index (χ3v) is 5.38. The number of ether oxygens (including phenoxy) is 1. The zero-order valence-electron chi connectivity index (χ0n) is 11.9. The van der Waals surface area contributed by atoms with Crippen molar-refractivity contribution in [2.24, 2.45) is 5.92 Å². The smallest absolute Gasteiger partial charge is 0.306 e. The summed E-state index contributed by atoms with van der Waals surface area (Å²) in [5.74, 6) is 0.110. The molecule has 0 saturated carbocycles. The van der Waals surface area contributed by atoms with Gasteiger partial charge in [0.2, 0.25) is 0 Å². The van der Waals surface area contributed by atoms with Crippen LogP contribution in [0.25, 0.3) is 0 Å². The third-order valence-electron chi connectivity index (χ3n) is 3.54. The van der Waals surface area contributed by atoms with Crippen LogP contribution >= 0.6 is 0 Å². The van der Waals surface area contributed by atoms with Crippen LogP contribution in [0.2, 0.25) is 0 Å². The molecule has 1 unspecified atom stereocenters. The van der Waals surface area contributed by atoms with Crippen LogP contribution in [-0.4, -0.2) is 32.5 Å². The molecule has 4 nitrogen and oxygen atoms in total. The molecule has 0 bridgehead atoms. The van der Waals surface area contributed by atoms with Gasteiger partial charge in [0.15, 0.2) is 9.84 Å². The maximum absolute atomic E-state index is 11.5. The number of sulfone groups is 1. The van der Waals surface area contributed by atoms with Gasteiger partial charge in [0, 0.05) is 6.42 Å². The van der Waals surface area contributed by atoms with Gasteiger partial charge in [0.05, 0.1) is 18.1 Å². The van der Waals surface area contributed by atoms with Crippen LogP contribution in [0.15, 0.2) is 0 Å². The average molecular weight is 290 g/mol.